The maximum atomic E-state index is 12.0. The van der Waals surface area contributed by atoms with Gasteiger partial charge in [-0.1, -0.05) is 30.3 Å². The lowest BCUT2D eigenvalue weighted by atomic mass is 10.0. The summed E-state index contributed by atoms with van der Waals surface area (Å²) in [6, 6.07) is 9.44. The van der Waals surface area contributed by atoms with Gasteiger partial charge in [-0.25, -0.2) is 0 Å². The van der Waals surface area contributed by atoms with Crippen molar-refractivity contribution in [2.24, 2.45) is 5.73 Å². The molecule has 0 radical (unpaired) electrons. The van der Waals surface area contributed by atoms with Gasteiger partial charge >= 0.3 is 0 Å². The summed E-state index contributed by atoms with van der Waals surface area (Å²) in [4.78, 5) is 12.0. The Labute approximate surface area is 119 Å². The monoisotopic (exact) mass is 278 g/mol. The van der Waals surface area contributed by atoms with E-state index < -0.39 is 6.04 Å². The SMILES string of the molecule is CC1(CNC(=O)C(N)Cc2ccccc2)CCCS1. The van der Waals surface area contributed by atoms with Gasteiger partial charge < -0.3 is 11.1 Å². The lowest BCUT2D eigenvalue weighted by molar-refractivity contribution is -0.122. The van der Waals surface area contributed by atoms with E-state index in [0.29, 0.717) is 6.42 Å². The average Bonchev–Trinajstić information content (AvgIpc) is 2.84. The molecule has 3 N–H and O–H groups in total. The van der Waals surface area contributed by atoms with Crippen molar-refractivity contribution >= 4 is 17.7 Å². The second kappa shape index (κ2) is 6.44. The second-order valence-electron chi connectivity index (χ2n) is 5.42. The summed E-state index contributed by atoms with van der Waals surface area (Å²) in [5, 5.41) is 3.00. The van der Waals surface area contributed by atoms with E-state index in [2.05, 4.69) is 12.2 Å². The third-order valence-corrected chi connectivity index (χ3v) is 5.11. The lowest BCUT2D eigenvalue weighted by Crippen LogP contribution is -2.46. The van der Waals surface area contributed by atoms with Crippen molar-refractivity contribution in [3.8, 4) is 0 Å². The van der Waals surface area contributed by atoms with Gasteiger partial charge in [0.05, 0.1) is 6.04 Å². The summed E-state index contributed by atoms with van der Waals surface area (Å²) in [7, 11) is 0. The molecule has 0 bridgehead atoms. The van der Waals surface area contributed by atoms with Crippen LogP contribution < -0.4 is 11.1 Å². The smallest absolute Gasteiger partial charge is 0.237 e. The van der Waals surface area contributed by atoms with Crippen LogP contribution in [0.15, 0.2) is 30.3 Å². The maximum Gasteiger partial charge on any atom is 0.237 e. The molecule has 1 aromatic carbocycles. The minimum absolute atomic E-state index is 0.0439. The molecule has 1 aliphatic heterocycles. The van der Waals surface area contributed by atoms with Crippen molar-refractivity contribution < 1.29 is 4.79 Å². The molecule has 1 heterocycles. The van der Waals surface area contributed by atoms with Crippen molar-refractivity contribution in [2.75, 3.05) is 12.3 Å². The van der Waals surface area contributed by atoms with Gasteiger partial charge in [0.25, 0.3) is 0 Å². The van der Waals surface area contributed by atoms with Gasteiger partial charge in [-0.15, -0.1) is 0 Å². The van der Waals surface area contributed by atoms with Crippen molar-refractivity contribution in [3.05, 3.63) is 35.9 Å². The van der Waals surface area contributed by atoms with Crippen molar-refractivity contribution in [3.63, 3.8) is 0 Å². The Balaban J connectivity index is 1.79. The Kier molecular flexibility index (Phi) is 4.88. The summed E-state index contributed by atoms with van der Waals surface area (Å²) in [6.07, 6.45) is 3.01. The highest BCUT2D eigenvalue weighted by Gasteiger charge is 2.30. The summed E-state index contributed by atoms with van der Waals surface area (Å²) in [5.41, 5.74) is 7.06. The first-order chi connectivity index (χ1) is 9.09. The highest BCUT2D eigenvalue weighted by Crippen LogP contribution is 2.36. The third-order valence-electron chi connectivity index (χ3n) is 3.57. The van der Waals surface area contributed by atoms with Crippen LogP contribution in [0.25, 0.3) is 0 Å². The van der Waals surface area contributed by atoms with Gasteiger partial charge in [-0.3, -0.25) is 4.79 Å². The van der Waals surface area contributed by atoms with Crippen molar-refractivity contribution in [1.29, 1.82) is 0 Å². The zero-order valence-corrected chi connectivity index (χ0v) is 12.2. The summed E-state index contributed by atoms with van der Waals surface area (Å²) >= 11 is 1.95. The molecule has 1 aromatic rings. The van der Waals surface area contributed by atoms with E-state index in [1.54, 1.807) is 0 Å². The number of thioether (sulfide) groups is 1. The van der Waals surface area contributed by atoms with Gasteiger partial charge in [0.2, 0.25) is 5.91 Å². The molecular weight excluding hydrogens is 256 g/mol. The largest absolute Gasteiger partial charge is 0.353 e. The molecule has 2 rings (SSSR count). The molecule has 104 valence electrons. The first-order valence-corrected chi connectivity index (χ1v) is 7.79. The van der Waals surface area contributed by atoms with Gasteiger partial charge in [-0.2, -0.15) is 11.8 Å². The van der Waals surface area contributed by atoms with Gasteiger partial charge in [0, 0.05) is 11.3 Å². The first-order valence-electron chi connectivity index (χ1n) is 6.80. The summed E-state index contributed by atoms with van der Waals surface area (Å²) < 4.78 is 0.197. The molecule has 3 nitrogen and oxygen atoms in total. The highest BCUT2D eigenvalue weighted by molar-refractivity contribution is 8.00. The standard InChI is InChI=1S/C15H22N2OS/c1-15(8-5-9-19-15)11-17-14(18)13(16)10-12-6-3-2-4-7-12/h2-4,6-7,13H,5,8-11,16H2,1H3,(H,17,18). The number of carbonyl (C=O) groups is 1. The van der Waals surface area contributed by atoms with E-state index in [4.69, 9.17) is 5.73 Å². The molecule has 1 aliphatic rings. The van der Waals surface area contributed by atoms with E-state index in [1.807, 2.05) is 42.1 Å². The fourth-order valence-electron chi connectivity index (χ4n) is 2.34. The van der Waals surface area contributed by atoms with Crippen LogP contribution in [0, 0.1) is 0 Å². The van der Waals surface area contributed by atoms with Crippen LogP contribution in [-0.4, -0.2) is 29.0 Å². The van der Waals surface area contributed by atoms with Crippen molar-refractivity contribution in [2.45, 2.75) is 37.0 Å². The van der Waals surface area contributed by atoms with Gasteiger partial charge in [0.15, 0.2) is 0 Å². The Hall–Kier alpha value is -1.00. The molecule has 0 aromatic heterocycles. The summed E-state index contributed by atoms with van der Waals surface area (Å²) in [5.74, 6) is 1.15. The number of rotatable bonds is 5. The number of benzene rings is 1. The number of nitrogens with one attached hydrogen (secondary N) is 1. The van der Waals surface area contributed by atoms with Crippen LogP contribution in [0.2, 0.25) is 0 Å². The minimum atomic E-state index is -0.461. The predicted molar refractivity (Wildman–Crippen MR) is 81.2 cm³/mol. The van der Waals surface area contributed by atoms with Crippen LogP contribution in [0.5, 0.6) is 0 Å². The normalized spacial score (nSPS) is 24.1. The number of nitrogens with two attached hydrogens (primary N) is 1. The minimum Gasteiger partial charge on any atom is -0.353 e. The molecule has 1 amide bonds. The Morgan fingerprint density at radius 3 is 2.84 bits per heavy atom. The number of carbonyl (C=O) groups excluding carboxylic acids is 1. The third kappa shape index (κ3) is 4.25. The molecule has 0 saturated carbocycles. The Bertz CT molecular complexity index is 415. The first kappa shape index (κ1) is 14.4. The van der Waals surface area contributed by atoms with E-state index in [1.165, 1.54) is 18.6 Å². The number of hydrogen-bond acceptors (Lipinski definition) is 3. The predicted octanol–water partition coefficient (Wildman–Crippen LogP) is 1.96. The van der Waals surface area contributed by atoms with Crippen molar-refractivity contribution in [1.82, 2.24) is 5.32 Å². The fourth-order valence-corrected chi connectivity index (χ4v) is 3.59. The van der Waals surface area contributed by atoms with Crippen LogP contribution in [0.4, 0.5) is 0 Å². The van der Waals surface area contributed by atoms with E-state index in [-0.39, 0.29) is 10.7 Å². The zero-order valence-electron chi connectivity index (χ0n) is 11.4. The Morgan fingerprint density at radius 2 is 2.21 bits per heavy atom. The number of hydrogen-bond donors (Lipinski definition) is 2. The Morgan fingerprint density at radius 1 is 1.47 bits per heavy atom. The molecule has 2 atom stereocenters. The molecule has 4 heteroatoms. The van der Waals surface area contributed by atoms with E-state index >= 15 is 0 Å². The van der Waals surface area contributed by atoms with Gasteiger partial charge in [0.1, 0.15) is 0 Å². The van der Waals surface area contributed by atoms with E-state index in [9.17, 15) is 4.79 Å². The van der Waals surface area contributed by atoms with Gasteiger partial charge in [-0.05, 0) is 37.5 Å². The fraction of sp³-hybridized carbons (Fsp3) is 0.533. The molecule has 1 fully saturated rings. The zero-order chi connectivity index (χ0) is 13.7. The summed E-state index contributed by atoms with van der Waals surface area (Å²) in [6.45, 7) is 2.94. The van der Waals surface area contributed by atoms with Crippen LogP contribution in [0.1, 0.15) is 25.3 Å². The van der Waals surface area contributed by atoms with Crippen LogP contribution in [-0.2, 0) is 11.2 Å². The molecule has 0 aliphatic carbocycles. The highest BCUT2D eigenvalue weighted by atomic mass is 32.2. The van der Waals surface area contributed by atoms with Crippen LogP contribution in [0.3, 0.4) is 0 Å². The lowest BCUT2D eigenvalue weighted by Gasteiger charge is -2.24. The average molecular weight is 278 g/mol. The molecule has 0 spiro atoms. The molecule has 1 saturated heterocycles. The van der Waals surface area contributed by atoms with E-state index in [0.717, 1.165) is 12.1 Å². The maximum absolute atomic E-state index is 12.0. The molecular formula is C15H22N2OS. The number of amides is 1. The van der Waals surface area contributed by atoms with Crippen LogP contribution >= 0.6 is 11.8 Å². The quantitative estimate of drug-likeness (QED) is 0.865. The topological polar surface area (TPSA) is 55.1 Å². The molecule has 2 unspecified atom stereocenters. The molecule has 19 heavy (non-hydrogen) atoms. The second-order valence-corrected chi connectivity index (χ2v) is 7.10.